The number of halogens is 1. The van der Waals surface area contributed by atoms with Crippen LogP contribution in [-0.2, 0) is 6.54 Å². The van der Waals surface area contributed by atoms with E-state index in [0.29, 0.717) is 12.1 Å². The minimum atomic E-state index is 0.349. The first-order chi connectivity index (χ1) is 7.25. The maximum atomic E-state index is 6.08. The highest BCUT2D eigenvalue weighted by Crippen LogP contribution is 2.23. The van der Waals surface area contributed by atoms with Crippen LogP contribution in [0.1, 0.15) is 30.6 Å². The molecule has 0 radical (unpaired) electrons. The molecule has 0 aromatic carbocycles. The summed E-state index contributed by atoms with van der Waals surface area (Å²) in [4.78, 5) is 1.37. The van der Waals surface area contributed by atoms with Gasteiger partial charge in [-0.05, 0) is 40.9 Å². The summed E-state index contributed by atoms with van der Waals surface area (Å²) in [5.74, 6) is 0. The highest BCUT2D eigenvalue weighted by Gasteiger charge is 2.20. The lowest BCUT2D eigenvalue weighted by atomic mass is 9.91. The smallest absolute Gasteiger partial charge is 0.0701 e. The Morgan fingerprint density at radius 1 is 1.40 bits per heavy atom. The fraction of sp³-hybridized carbons (Fsp3) is 0.636. The molecule has 2 rings (SSSR count). The zero-order chi connectivity index (χ0) is 10.7. The summed E-state index contributed by atoms with van der Waals surface area (Å²) in [7, 11) is 0. The third-order valence-electron chi connectivity index (χ3n) is 2.99. The van der Waals surface area contributed by atoms with Crippen LogP contribution in [0.2, 0.25) is 0 Å². The maximum Gasteiger partial charge on any atom is 0.0701 e. The fourth-order valence-corrected chi connectivity index (χ4v) is 3.53. The lowest BCUT2D eigenvalue weighted by molar-refractivity contribution is 0.327. The van der Waals surface area contributed by atoms with Crippen molar-refractivity contribution >= 4 is 27.3 Å². The van der Waals surface area contributed by atoms with Gasteiger partial charge in [0.15, 0.2) is 0 Å². The van der Waals surface area contributed by atoms with E-state index in [9.17, 15) is 0 Å². The monoisotopic (exact) mass is 288 g/mol. The molecule has 1 aromatic rings. The molecule has 0 saturated heterocycles. The van der Waals surface area contributed by atoms with Gasteiger partial charge in [0.1, 0.15) is 0 Å². The molecule has 1 heterocycles. The van der Waals surface area contributed by atoms with Crippen molar-refractivity contribution in [1.29, 1.82) is 0 Å². The summed E-state index contributed by atoms with van der Waals surface area (Å²) >= 11 is 5.27. The SMILES string of the molecule is NC1CCCCC1NCc1ccc(Br)s1. The Hall–Kier alpha value is 0.1000. The van der Waals surface area contributed by atoms with Crippen molar-refractivity contribution in [2.75, 3.05) is 0 Å². The van der Waals surface area contributed by atoms with Crippen LogP contribution >= 0.6 is 27.3 Å². The number of rotatable bonds is 3. The zero-order valence-corrected chi connectivity index (χ0v) is 11.1. The third kappa shape index (κ3) is 3.28. The van der Waals surface area contributed by atoms with E-state index in [0.717, 1.165) is 6.54 Å². The van der Waals surface area contributed by atoms with E-state index in [4.69, 9.17) is 5.73 Å². The predicted octanol–water partition coefficient (Wildman–Crippen LogP) is 2.87. The van der Waals surface area contributed by atoms with Crippen molar-refractivity contribution in [2.45, 2.75) is 44.3 Å². The van der Waals surface area contributed by atoms with Crippen molar-refractivity contribution in [2.24, 2.45) is 5.73 Å². The van der Waals surface area contributed by atoms with Crippen LogP contribution in [0.5, 0.6) is 0 Å². The normalized spacial score (nSPS) is 26.8. The van der Waals surface area contributed by atoms with Gasteiger partial charge in [0.2, 0.25) is 0 Å². The second-order valence-electron chi connectivity index (χ2n) is 4.14. The minimum absolute atomic E-state index is 0.349. The highest BCUT2D eigenvalue weighted by molar-refractivity contribution is 9.11. The van der Waals surface area contributed by atoms with E-state index in [1.165, 1.54) is 34.3 Å². The molecule has 0 aliphatic heterocycles. The molecule has 84 valence electrons. The second kappa shape index (κ2) is 5.43. The van der Waals surface area contributed by atoms with Crippen molar-refractivity contribution in [3.05, 3.63) is 20.8 Å². The Labute approximate surface area is 103 Å². The van der Waals surface area contributed by atoms with Gasteiger partial charge >= 0.3 is 0 Å². The first-order valence-corrected chi connectivity index (χ1v) is 7.10. The van der Waals surface area contributed by atoms with Crippen LogP contribution < -0.4 is 11.1 Å². The van der Waals surface area contributed by atoms with E-state index in [1.807, 2.05) is 0 Å². The van der Waals surface area contributed by atoms with Crippen molar-refractivity contribution in [3.63, 3.8) is 0 Å². The average Bonchev–Trinajstić information content (AvgIpc) is 2.63. The Kier molecular flexibility index (Phi) is 4.20. The molecule has 0 bridgehead atoms. The van der Waals surface area contributed by atoms with Crippen molar-refractivity contribution < 1.29 is 0 Å². The molecule has 2 unspecified atom stereocenters. The van der Waals surface area contributed by atoms with Crippen LogP contribution in [0.3, 0.4) is 0 Å². The molecule has 0 amide bonds. The van der Waals surface area contributed by atoms with Crippen LogP contribution in [0.4, 0.5) is 0 Å². The molecule has 3 N–H and O–H groups in total. The first-order valence-electron chi connectivity index (χ1n) is 5.49. The van der Waals surface area contributed by atoms with Gasteiger partial charge in [-0.25, -0.2) is 0 Å². The summed E-state index contributed by atoms with van der Waals surface area (Å²) in [5, 5.41) is 3.57. The van der Waals surface area contributed by atoms with Gasteiger partial charge in [-0.1, -0.05) is 12.8 Å². The van der Waals surface area contributed by atoms with Gasteiger partial charge in [-0.2, -0.15) is 0 Å². The summed E-state index contributed by atoms with van der Waals surface area (Å²) in [6.45, 7) is 0.953. The predicted molar refractivity (Wildman–Crippen MR) is 69.1 cm³/mol. The lowest BCUT2D eigenvalue weighted by Crippen LogP contribution is -2.46. The van der Waals surface area contributed by atoms with Gasteiger partial charge in [0, 0.05) is 23.5 Å². The van der Waals surface area contributed by atoms with E-state index in [-0.39, 0.29) is 0 Å². The van der Waals surface area contributed by atoms with Crippen molar-refractivity contribution in [1.82, 2.24) is 5.32 Å². The lowest BCUT2D eigenvalue weighted by Gasteiger charge is -2.29. The zero-order valence-electron chi connectivity index (χ0n) is 8.71. The number of nitrogens with one attached hydrogen (secondary N) is 1. The Bertz CT molecular complexity index is 313. The molecule has 15 heavy (non-hydrogen) atoms. The summed E-state index contributed by atoms with van der Waals surface area (Å²) in [6.07, 6.45) is 5.02. The molecule has 2 nitrogen and oxygen atoms in total. The molecule has 1 fully saturated rings. The molecule has 1 saturated carbocycles. The van der Waals surface area contributed by atoms with Gasteiger partial charge < -0.3 is 11.1 Å². The Morgan fingerprint density at radius 2 is 2.20 bits per heavy atom. The van der Waals surface area contributed by atoms with Crippen molar-refractivity contribution in [3.8, 4) is 0 Å². The second-order valence-corrected chi connectivity index (χ2v) is 6.69. The molecule has 1 aromatic heterocycles. The average molecular weight is 289 g/mol. The molecular weight excluding hydrogens is 272 g/mol. The Morgan fingerprint density at radius 3 is 2.87 bits per heavy atom. The van der Waals surface area contributed by atoms with Gasteiger partial charge in [-0.3, -0.25) is 0 Å². The van der Waals surface area contributed by atoms with Gasteiger partial charge in [0.05, 0.1) is 3.79 Å². The standard InChI is InChI=1S/C11H17BrN2S/c12-11-6-5-8(15-11)7-14-10-4-2-1-3-9(10)13/h5-6,9-10,14H,1-4,7,13H2. The highest BCUT2D eigenvalue weighted by atomic mass is 79.9. The Balaban J connectivity index is 1.81. The van der Waals surface area contributed by atoms with Gasteiger partial charge in [-0.15, -0.1) is 11.3 Å². The van der Waals surface area contributed by atoms with Crippen LogP contribution in [0.15, 0.2) is 15.9 Å². The van der Waals surface area contributed by atoms with E-state index >= 15 is 0 Å². The molecule has 4 heteroatoms. The van der Waals surface area contributed by atoms with Gasteiger partial charge in [0.25, 0.3) is 0 Å². The van der Waals surface area contributed by atoms with E-state index < -0.39 is 0 Å². The number of thiophene rings is 1. The van der Waals surface area contributed by atoms with E-state index in [2.05, 4.69) is 33.4 Å². The molecule has 1 aliphatic rings. The molecular formula is C11H17BrN2S. The molecule has 0 spiro atoms. The maximum absolute atomic E-state index is 6.08. The summed E-state index contributed by atoms with van der Waals surface area (Å²) in [6, 6.07) is 5.13. The first kappa shape index (κ1) is 11.6. The minimum Gasteiger partial charge on any atom is -0.326 e. The number of hydrogen-bond acceptors (Lipinski definition) is 3. The van der Waals surface area contributed by atoms with Crippen LogP contribution in [0, 0.1) is 0 Å². The fourth-order valence-electron chi connectivity index (χ4n) is 2.09. The van der Waals surface area contributed by atoms with E-state index in [1.54, 1.807) is 11.3 Å². The van der Waals surface area contributed by atoms with Crippen LogP contribution in [-0.4, -0.2) is 12.1 Å². The number of hydrogen-bond donors (Lipinski definition) is 2. The third-order valence-corrected chi connectivity index (χ3v) is 4.61. The molecule has 2 atom stereocenters. The summed E-state index contributed by atoms with van der Waals surface area (Å²) < 4.78 is 1.20. The number of nitrogens with two attached hydrogens (primary N) is 1. The summed E-state index contributed by atoms with van der Waals surface area (Å²) in [5.41, 5.74) is 6.08. The molecule has 1 aliphatic carbocycles. The van der Waals surface area contributed by atoms with Crippen LogP contribution in [0.25, 0.3) is 0 Å². The topological polar surface area (TPSA) is 38.0 Å². The quantitative estimate of drug-likeness (QED) is 0.898. The largest absolute Gasteiger partial charge is 0.326 e.